The Morgan fingerprint density at radius 2 is 2.33 bits per heavy atom. The lowest BCUT2D eigenvalue weighted by Gasteiger charge is -2.07. The zero-order valence-electron chi connectivity index (χ0n) is 6.88. The summed E-state index contributed by atoms with van der Waals surface area (Å²) in [5.41, 5.74) is 1.06. The normalized spacial score (nSPS) is 16.2. The predicted octanol–water partition coefficient (Wildman–Crippen LogP) is 2.58. The second-order valence-electron chi connectivity index (χ2n) is 3.06. The van der Waals surface area contributed by atoms with Crippen molar-refractivity contribution >= 4 is 11.6 Å². The maximum atomic E-state index is 5.87. The summed E-state index contributed by atoms with van der Waals surface area (Å²) < 4.78 is 5.59. The fraction of sp³-hybridized carbons (Fsp3) is 0.444. The maximum absolute atomic E-state index is 5.87. The summed E-state index contributed by atoms with van der Waals surface area (Å²) in [6, 6.07) is 1.91. The molecule has 0 radical (unpaired) electrons. The van der Waals surface area contributed by atoms with Crippen LogP contribution in [0.1, 0.15) is 18.4 Å². The highest BCUT2D eigenvalue weighted by Crippen LogP contribution is 2.32. The van der Waals surface area contributed by atoms with E-state index in [2.05, 4.69) is 4.98 Å². The van der Waals surface area contributed by atoms with Gasteiger partial charge in [-0.3, -0.25) is 0 Å². The number of pyridine rings is 1. The van der Waals surface area contributed by atoms with Gasteiger partial charge in [0, 0.05) is 6.20 Å². The van der Waals surface area contributed by atoms with Gasteiger partial charge in [-0.1, -0.05) is 11.6 Å². The Labute approximate surface area is 76.5 Å². The Kier molecular flexibility index (Phi) is 1.93. The lowest BCUT2D eigenvalue weighted by Crippen LogP contribution is -1.99. The first-order valence-electron chi connectivity index (χ1n) is 4.05. The van der Waals surface area contributed by atoms with Crippen LogP contribution >= 0.6 is 11.6 Å². The van der Waals surface area contributed by atoms with Crippen LogP contribution in [0.5, 0.6) is 5.75 Å². The van der Waals surface area contributed by atoms with Gasteiger partial charge in [0.25, 0.3) is 0 Å². The van der Waals surface area contributed by atoms with Gasteiger partial charge >= 0.3 is 0 Å². The summed E-state index contributed by atoms with van der Waals surface area (Å²) in [6.07, 6.45) is 4.36. The van der Waals surface area contributed by atoms with Gasteiger partial charge in [-0.25, -0.2) is 4.98 Å². The van der Waals surface area contributed by atoms with Crippen LogP contribution in [0.4, 0.5) is 0 Å². The molecule has 2 nitrogen and oxygen atoms in total. The summed E-state index contributed by atoms with van der Waals surface area (Å²) in [4.78, 5) is 3.96. The number of hydrogen-bond donors (Lipinski definition) is 0. The second kappa shape index (κ2) is 2.94. The lowest BCUT2D eigenvalue weighted by atomic mass is 10.3. The molecule has 1 aromatic heterocycles. The average molecular weight is 184 g/mol. The molecular formula is C9H10ClNO. The van der Waals surface area contributed by atoms with Crippen LogP contribution in [0.3, 0.4) is 0 Å². The Morgan fingerprint density at radius 1 is 1.58 bits per heavy atom. The quantitative estimate of drug-likeness (QED) is 0.658. The summed E-state index contributed by atoms with van der Waals surface area (Å²) in [7, 11) is 0. The molecule has 0 spiro atoms. The van der Waals surface area contributed by atoms with Crippen LogP contribution in [0, 0.1) is 6.92 Å². The molecule has 0 N–H and O–H groups in total. The fourth-order valence-electron chi connectivity index (χ4n) is 1.01. The molecule has 1 heterocycles. The number of halogens is 1. The molecule has 3 heteroatoms. The molecule has 0 bridgehead atoms. The molecule has 0 unspecified atom stereocenters. The third-order valence-corrected chi connectivity index (χ3v) is 2.14. The lowest BCUT2D eigenvalue weighted by molar-refractivity contribution is 0.300. The molecule has 1 aromatic rings. The molecule has 12 heavy (non-hydrogen) atoms. The number of aryl methyl sites for hydroxylation is 1. The Balaban J connectivity index is 2.26. The number of aromatic nitrogens is 1. The summed E-state index contributed by atoms with van der Waals surface area (Å²) >= 11 is 5.87. The molecule has 1 aliphatic rings. The summed E-state index contributed by atoms with van der Waals surface area (Å²) in [5.74, 6) is 0.752. The number of rotatable bonds is 2. The Bertz CT molecular complexity index is 276. The van der Waals surface area contributed by atoms with Crippen molar-refractivity contribution in [1.29, 1.82) is 0 Å². The van der Waals surface area contributed by atoms with Crippen LogP contribution < -0.4 is 4.74 Å². The number of ether oxygens (including phenoxy) is 1. The van der Waals surface area contributed by atoms with Crippen LogP contribution in [0.25, 0.3) is 0 Å². The monoisotopic (exact) mass is 183 g/mol. The molecule has 64 valence electrons. The third kappa shape index (κ3) is 1.53. The van der Waals surface area contributed by atoms with Crippen LogP contribution in [-0.4, -0.2) is 11.1 Å². The highest BCUT2D eigenvalue weighted by atomic mass is 35.5. The van der Waals surface area contributed by atoms with Gasteiger partial charge in [-0.05, 0) is 31.4 Å². The Hall–Kier alpha value is -0.760. The first-order valence-corrected chi connectivity index (χ1v) is 4.43. The number of nitrogens with zero attached hydrogens (tertiary/aromatic N) is 1. The van der Waals surface area contributed by atoms with Gasteiger partial charge in [0.05, 0.1) is 6.10 Å². The molecule has 0 atom stereocenters. The van der Waals surface area contributed by atoms with Crippen molar-refractivity contribution < 1.29 is 4.74 Å². The molecule has 0 aromatic carbocycles. The minimum absolute atomic E-state index is 0.380. The van der Waals surface area contributed by atoms with Crippen LogP contribution in [0.15, 0.2) is 12.3 Å². The molecule has 1 saturated carbocycles. The van der Waals surface area contributed by atoms with Gasteiger partial charge in [0.15, 0.2) is 10.9 Å². The van der Waals surface area contributed by atoms with E-state index in [0.717, 1.165) is 24.2 Å². The molecule has 1 fully saturated rings. The second-order valence-corrected chi connectivity index (χ2v) is 3.42. The smallest absolute Gasteiger partial charge is 0.171 e. The SMILES string of the molecule is Cc1ccnc(Cl)c1OC1CC1. The highest BCUT2D eigenvalue weighted by molar-refractivity contribution is 6.30. The zero-order chi connectivity index (χ0) is 8.55. The van der Waals surface area contributed by atoms with E-state index in [9.17, 15) is 0 Å². The Morgan fingerprint density at radius 3 is 2.92 bits per heavy atom. The van der Waals surface area contributed by atoms with Crippen molar-refractivity contribution in [1.82, 2.24) is 4.98 Å². The van der Waals surface area contributed by atoms with Crippen molar-refractivity contribution in [2.24, 2.45) is 0 Å². The van der Waals surface area contributed by atoms with Gasteiger partial charge in [0.2, 0.25) is 0 Å². The maximum Gasteiger partial charge on any atom is 0.171 e. The molecule has 0 saturated heterocycles. The first-order chi connectivity index (χ1) is 5.77. The first kappa shape index (κ1) is 7.87. The molecule has 0 amide bonds. The average Bonchev–Trinajstić information content (AvgIpc) is 2.80. The summed E-state index contributed by atoms with van der Waals surface area (Å²) in [6.45, 7) is 1.98. The van der Waals surface area contributed by atoms with Crippen molar-refractivity contribution in [3.05, 3.63) is 23.0 Å². The van der Waals surface area contributed by atoms with E-state index in [1.807, 2.05) is 13.0 Å². The van der Waals surface area contributed by atoms with E-state index >= 15 is 0 Å². The largest absolute Gasteiger partial charge is 0.487 e. The van der Waals surface area contributed by atoms with Crippen molar-refractivity contribution in [3.63, 3.8) is 0 Å². The molecule has 1 aliphatic carbocycles. The molecule has 2 rings (SSSR count). The molecular weight excluding hydrogens is 174 g/mol. The van der Waals surface area contributed by atoms with E-state index in [1.54, 1.807) is 6.20 Å². The van der Waals surface area contributed by atoms with Crippen molar-refractivity contribution in [2.45, 2.75) is 25.9 Å². The van der Waals surface area contributed by atoms with Gasteiger partial charge < -0.3 is 4.74 Å². The minimum atomic E-state index is 0.380. The zero-order valence-corrected chi connectivity index (χ0v) is 7.64. The highest BCUT2D eigenvalue weighted by Gasteiger charge is 2.25. The van der Waals surface area contributed by atoms with Gasteiger partial charge in [0.1, 0.15) is 0 Å². The van der Waals surface area contributed by atoms with E-state index in [-0.39, 0.29) is 0 Å². The van der Waals surface area contributed by atoms with E-state index in [1.165, 1.54) is 0 Å². The van der Waals surface area contributed by atoms with E-state index in [4.69, 9.17) is 16.3 Å². The fourth-order valence-corrected chi connectivity index (χ4v) is 1.26. The van der Waals surface area contributed by atoms with Crippen molar-refractivity contribution in [3.8, 4) is 5.75 Å². The van der Waals surface area contributed by atoms with E-state index in [0.29, 0.717) is 11.3 Å². The minimum Gasteiger partial charge on any atom is -0.487 e. The van der Waals surface area contributed by atoms with Crippen LogP contribution in [-0.2, 0) is 0 Å². The topological polar surface area (TPSA) is 22.1 Å². The van der Waals surface area contributed by atoms with E-state index < -0.39 is 0 Å². The van der Waals surface area contributed by atoms with Crippen molar-refractivity contribution in [2.75, 3.05) is 0 Å². The predicted molar refractivity (Wildman–Crippen MR) is 47.6 cm³/mol. The van der Waals surface area contributed by atoms with Gasteiger partial charge in [-0.15, -0.1) is 0 Å². The van der Waals surface area contributed by atoms with Crippen LogP contribution in [0.2, 0.25) is 5.15 Å². The standard InChI is InChI=1S/C9H10ClNO/c1-6-4-5-11-9(10)8(6)12-7-2-3-7/h4-5,7H,2-3H2,1H3. The van der Waals surface area contributed by atoms with Gasteiger partial charge in [-0.2, -0.15) is 0 Å². The molecule has 0 aliphatic heterocycles. The third-order valence-electron chi connectivity index (χ3n) is 1.87. The number of hydrogen-bond acceptors (Lipinski definition) is 2. The summed E-state index contributed by atoms with van der Waals surface area (Å²) in [5, 5.41) is 0.474.